The predicted octanol–water partition coefficient (Wildman–Crippen LogP) is 6.54. The molecule has 10 heteroatoms. The third-order valence-electron chi connectivity index (χ3n) is 6.46. The Balaban J connectivity index is 1.51. The molecule has 0 amide bonds. The summed E-state index contributed by atoms with van der Waals surface area (Å²) in [7, 11) is 3.12. The molecule has 6 nitrogen and oxygen atoms in total. The Morgan fingerprint density at radius 3 is 2.42 bits per heavy atom. The van der Waals surface area contributed by atoms with Crippen molar-refractivity contribution in [2.45, 2.75) is 19.1 Å². The van der Waals surface area contributed by atoms with Gasteiger partial charge in [0.05, 0.1) is 30.7 Å². The first-order valence-corrected chi connectivity index (χ1v) is 12.1. The molecule has 38 heavy (non-hydrogen) atoms. The van der Waals surface area contributed by atoms with Crippen LogP contribution < -0.4 is 19.6 Å². The topological polar surface area (TPSA) is 61.1 Å². The van der Waals surface area contributed by atoms with Gasteiger partial charge in [0, 0.05) is 18.1 Å². The lowest BCUT2D eigenvalue weighted by atomic mass is 10.00. The molecule has 0 spiro atoms. The predicted molar refractivity (Wildman–Crippen MR) is 137 cm³/mol. The molecule has 0 radical (unpaired) electrons. The Morgan fingerprint density at radius 2 is 1.74 bits per heavy atom. The van der Waals surface area contributed by atoms with Crippen molar-refractivity contribution < 1.29 is 31.8 Å². The summed E-state index contributed by atoms with van der Waals surface area (Å²) >= 11 is 5.90. The van der Waals surface area contributed by atoms with Crippen LogP contribution in [0.1, 0.15) is 16.9 Å². The molecule has 0 saturated heterocycles. The van der Waals surface area contributed by atoms with Gasteiger partial charge >= 0.3 is 6.18 Å². The summed E-state index contributed by atoms with van der Waals surface area (Å²) < 4.78 is 64.4. The van der Waals surface area contributed by atoms with Gasteiger partial charge in [-0.15, -0.1) is 0 Å². The Kier molecular flexibility index (Phi) is 6.98. The van der Waals surface area contributed by atoms with Gasteiger partial charge in [-0.25, -0.2) is 0 Å². The van der Waals surface area contributed by atoms with Crippen LogP contribution in [0.2, 0.25) is 5.02 Å². The Labute approximate surface area is 221 Å². The molecule has 0 bridgehead atoms. The van der Waals surface area contributed by atoms with E-state index in [4.69, 9.17) is 30.2 Å². The number of nitrogens with zero attached hydrogens (tertiary/aromatic N) is 1. The van der Waals surface area contributed by atoms with Crippen LogP contribution in [-0.2, 0) is 19.1 Å². The minimum atomic E-state index is -4.90. The molecule has 0 atom stereocenters. The van der Waals surface area contributed by atoms with Crippen LogP contribution in [0.4, 0.5) is 13.2 Å². The largest absolute Gasteiger partial charge is 0.493 e. The third kappa shape index (κ3) is 4.91. The van der Waals surface area contributed by atoms with Crippen molar-refractivity contribution in [3.63, 3.8) is 0 Å². The lowest BCUT2D eigenvalue weighted by Gasteiger charge is -2.29. The minimum Gasteiger partial charge on any atom is -0.493 e. The molecule has 0 unspecified atom stereocenters. The number of fused-ring (bicyclic) bond motifs is 3. The number of alkyl halides is 3. The Hall–Kier alpha value is -3.69. The zero-order valence-corrected chi connectivity index (χ0v) is 21.3. The van der Waals surface area contributed by atoms with E-state index in [9.17, 15) is 18.0 Å². The summed E-state index contributed by atoms with van der Waals surface area (Å²) in [5.74, 6) is 0.254. The number of hydrogen-bond acceptors (Lipinski definition) is 6. The maximum absolute atomic E-state index is 14.1. The Morgan fingerprint density at radius 1 is 1.00 bits per heavy atom. The molecule has 198 valence electrons. The summed E-state index contributed by atoms with van der Waals surface area (Å²) in [5, 5.41) is 0.388. The molecule has 0 fully saturated rings. The first-order valence-electron chi connectivity index (χ1n) is 11.7. The number of hydrogen-bond donors (Lipinski definition) is 0. The number of benzene rings is 3. The van der Waals surface area contributed by atoms with Gasteiger partial charge in [0.2, 0.25) is 11.2 Å². The molecule has 0 aliphatic carbocycles. The van der Waals surface area contributed by atoms with Gasteiger partial charge in [-0.05, 0) is 53.9 Å². The van der Waals surface area contributed by atoms with Crippen LogP contribution in [0.15, 0.2) is 63.8 Å². The van der Waals surface area contributed by atoms with Gasteiger partial charge in [0.25, 0.3) is 0 Å². The lowest BCUT2D eigenvalue weighted by Crippen LogP contribution is -2.34. The van der Waals surface area contributed by atoms with E-state index in [0.29, 0.717) is 40.8 Å². The normalized spacial score (nSPS) is 13.7. The van der Waals surface area contributed by atoms with Crippen LogP contribution in [0.3, 0.4) is 0 Å². The van der Waals surface area contributed by atoms with Crippen molar-refractivity contribution in [2.24, 2.45) is 0 Å². The Bertz CT molecular complexity index is 1550. The molecule has 1 aliphatic rings. The second-order valence-corrected chi connectivity index (χ2v) is 9.26. The highest BCUT2D eigenvalue weighted by atomic mass is 35.5. The maximum atomic E-state index is 14.1. The van der Waals surface area contributed by atoms with E-state index in [1.165, 1.54) is 30.3 Å². The summed E-state index contributed by atoms with van der Waals surface area (Å²) in [4.78, 5) is 15.3. The van der Waals surface area contributed by atoms with Crippen LogP contribution in [0.5, 0.6) is 17.2 Å². The van der Waals surface area contributed by atoms with Crippen molar-refractivity contribution in [1.29, 1.82) is 0 Å². The molecular formula is C28H23ClF3NO5. The quantitative estimate of drug-likeness (QED) is 0.274. The van der Waals surface area contributed by atoms with E-state index in [0.717, 1.165) is 5.56 Å². The maximum Gasteiger partial charge on any atom is 0.450 e. The average molecular weight is 546 g/mol. The molecule has 1 aromatic heterocycles. The average Bonchev–Trinajstić information content (AvgIpc) is 2.91. The molecule has 0 saturated carbocycles. The summed E-state index contributed by atoms with van der Waals surface area (Å²) in [5.41, 5.74) is 0.00206. The molecular weight excluding hydrogens is 523 g/mol. The van der Waals surface area contributed by atoms with Crippen LogP contribution in [0, 0.1) is 0 Å². The van der Waals surface area contributed by atoms with Gasteiger partial charge < -0.3 is 18.6 Å². The molecule has 3 aromatic carbocycles. The second kappa shape index (κ2) is 10.2. The molecule has 2 heterocycles. The van der Waals surface area contributed by atoms with E-state index < -0.39 is 22.9 Å². The van der Waals surface area contributed by atoms with Gasteiger partial charge in [-0.3, -0.25) is 9.69 Å². The number of methoxy groups -OCH3 is 2. The van der Waals surface area contributed by atoms with Crippen molar-refractivity contribution in [3.05, 3.63) is 86.7 Å². The number of halogens is 4. The SMILES string of the molecule is COc1ccc(CCN2COc3ccc4c(=O)c(-c5ccc(Cl)cc5)c(C(F)(F)F)oc4c3C2)cc1OC. The van der Waals surface area contributed by atoms with Crippen molar-refractivity contribution >= 4 is 22.6 Å². The molecule has 5 rings (SSSR count). The van der Waals surface area contributed by atoms with Gasteiger partial charge in [0.15, 0.2) is 11.5 Å². The fourth-order valence-corrected chi connectivity index (χ4v) is 4.68. The van der Waals surface area contributed by atoms with Crippen molar-refractivity contribution in [1.82, 2.24) is 4.90 Å². The fraction of sp³-hybridized carbons (Fsp3) is 0.250. The number of ether oxygens (including phenoxy) is 3. The van der Waals surface area contributed by atoms with Crippen molar-refractivity contribution in [3.8, 4) is 28.4 Å². The lowest BCUT2D eigenvalue weighted by molar-refractivity contribution is -0.152. The molecule has 1 aliphatic heterocycles. The fourth-order valence-electron chi connectivity index (χ4n) is 4.56. The molecule has 4 aromatic rings. The van der Waals surface area contributed by atoms with E-state index in [-0.39, 0.29) is 29.8 Å². The van der Waals surface area contributed by atoms with E-state index in [2.05, 4.69) is 0 Å². The first kappa shape index (κ1) is 25.9. The first-order chi connectivity index (χ1) is 18.2. The standard InChI is InChI=1S/C28H23ClF3NO5/c1-35-22-9-3-16(13-23(22)36-2)11-12-33-14-20-21(37-15-33)10-8-19-25(34)24(17-4-6-18(29)7-5-17)27(28(30,31)32)38-26(19)20/h3-10,13H,11-12,14-15H2,1-2H3. The van der Waals surface area contributed by atoms with Gasteiger partial charge in [0.1, 0.15) is 18.1 Å². The monoisotopic (exact) mass is 545 g/mol. The van der Waals surface area contributed by atoms with E-state index in [1.807, 2.05) is 23.1 Å². The van der Waals surface area contributed by atoms with Crippen LogP contribution in [-0.4, -0.2) is 32.4 Å². The third-order valence-corrected chi connectivity index (χ3v) is 6.71. The van der Waals surface area contributed by atoms with Crippen LogP contribution >= 0.6 is 11.6 Å². The summed E-state index contributed by atoms with van der Waals surface area (Å²) in [6.45, 7) is 1.04. The van der Waals surface area contributed by atoms with Gasteiger partial charge in [-0.1, -0.05) is 29.8 Å². The minimum absolute atomic E-state index is 0.0482. The van der Waals surface area contributed by atoms with Gasteiger partial charge in [-0.2, -0.15) is 13.2 Å². The highest BCUT2D eigenvalue weighted by molar-refractivity contribution is 6.30. The van der Waals surface area contributed by atoms with E-state index in [1.54, 1.807) is 20.3 Å². The zero-order chi connectivity index (χ0) is 27.0. The summed E-state index contributed by atoms with van der Waals surface area (Å²) in [6.07, 6.45) is -4.27. The highest BCUT2D eigenvalue weighted by Crippen LogP contribution is 2.40. The highest BCUT2D eigenvalue weighted by Gasteiger charge is 2.40. The summed E-state index contributed by atoms with van der Waals surface area (Å²) in [6, 6.07) is 14.2. The smallest absolute Gasteiger partial charge is 0.450 e. The second-order valence-electron chi connectivity index (χ2n) is 8.82. The number of rotatable bonds is 6. The van der Waals surface area contributed by atoms with E-state index >= 15 is 0 Å². The molecule has 0 N–H and O–H groups in total. The van der Waals surface area contributed by atoms with Crippen molar-refractivity contribution in [2.75, 3.05) is 27.5 Å². The zero-order valence-electron chi connectivity index (χ0n) is 20.5. The van der Waals surface area contributed by atoms with Crippen LogP contribution in [0.25, 0.3) is 22.1 Å².